The van der Waals surface area contributed by atoms with Crippen molar-refractivity contribution in [2.75, 3.05) is 11.1 Å². The number of hydrogen-bond donors (Lipinski definition) is 1. The molecule has 0 saturated carbocycles. The van der Waals surface area contributed by atoms with Gasteiger partial charge in [-0.3, -0.25) is 9.36 Å². The highest BCUT2D eigenvalue weighted by Gasteiger charge is 2.19. The Morgan fingerprint density at radius 2 is 1.96 bits per heavy atom. The van der Waals surface area contributed by atoms with Gasteiger partial charge in [-0.05, 0) is 51.3 Å². The highest BCUT2D eigenvalue weighted by atomic mass is 32.2. The number of thioether (sulfide) groups is 1. The number of benzene rings is 1. The summed E-state index contributed by atoms with van der Waals surface area (Å²) in [5.41, 5.74) is 4.12. The smallest absolute Gasteiger partial charge is 0.234 e. The molecule has 5 nitrogen and oxygen atoms in total. The lowest BCUT2D eigenvalue weighted by molar-refractivity contribution is -0.113. The molecule has 7 heteroatoms. The molecule has 0 aliphatic heterocycles. The third-order valence-corrected chi connectivity index (χ3v) is 6.54. The average molecular weight is 415 g/mol. The van der Waals surface area contributed by atoms with Crippen LogP contribution in [0.5, 0.6) is 0 Å². The topological polar surface area (TPSA) is 59.8 Å². The van der Waals surface area contributed by atoms with Crippen molar-refractivity contribution < 1.29 is 4.79 Å². The Bertz CT molecular complexity index is 954. The summed E-state index contributed by atoms with van der Waals surface area (Å²) in [6.07, 6.45) is 1.01. The molecular weight excluding hydrogens is 388 g/mol. The zero-order chi connectivity index (χ0) is 20.3. The zero-order valence-electron chi connectivity index (χ0n) is 16.9. The SMILES string of the molecule is CCc1cc(-c2nnc(SCC(=O)Nc3c(C)cccc3C)n2C(C)C)cs1. The van der Waals surface area contributed by atoms with Crippen molar-refractivity contribution in [3.8, 4) is 11.4 Å². The number of carbonyl (C=O) groups is 1. The van der Waals surface area contributed by atoms with Gasteiger partial charge in [-0.2, -0.15) is 0 Å². The number of nitrogens with one attached hydrogen (secondary N) is 1. The number of hydrogen-bond acceptors (Lipinski definition) is 5. The van der Waals surface area contributed by atoms with Crippen LogP contribution < -0.4 is 5.32 Å². The van der Waals surface area contributed by atoms with E-state index in [1.807, 2.05) is 32.0 Å². The van der Waals surface area contributed by atoms with Gasteiger partial charge in [0.05, 0.1) is 5.75 Å². The number of thiophene rings is 1. The number of nitrogens with zero attached hydrogens (tertiary/aromatic N) is 3. The van der Waals surface area contributed by atoms with Crippen molar-refractivity contribution in [2.45, 2.75) is 52.2 Å². The van der Waals surface area contributed by atoms with E-state index < -0.39 is 0 Å². The van der Waals surface area contributed by atoms with E-state index in [0.717, 1.165) is 39.8 Å². The minimum absolute atomic E-state index is 0.0361. The largest absolute Gasteiger partial charge is 0.325 e. The normalized spacial score (nSPS) is 11.2. The fraction of sp³-hybridized carbons (Fsp3) is 0.381. The van der Waals surface area contributed by atoms with E-state index in [9.17, 15) is 4.79 Å². The van der Waals surface area contributed by atoms with E-state index in [1.165, 1.54) is 16.6 Å². The Morgan fingerprint density at radius 3 is 2.57 bits per heavy atom. The Labute approximate surface area is 174 Å². The van der Waals surface area contributed by atoms with E-state index in [-0.39, 0.29) is 11.9 Å². The average Bonchev–Trinajstić information content (AvgIpc) is 3.29. The lowest BCUT2D eigenvalue weighted by atomic mass is 10.1. The van der Waals surface area contributed by atoms with Gasteiger partial charge >= 0.3 is 0 Å². The molecule has 0 atom stereocenters. The summed E-state index contributed by atoms with van der Waals surface area (Å²) >= 11 is 3.17. The van der Waals surface area contributed by atoms with Gasteiger partial charge in [-0.25, -0.2) is 0 Å². The van der Waals surface area contributed by atoms with Crippen LogP contribution in [0.3, 0.4) is 0 Å². The number of aryl methyl sites for hydroxylation is 3. The van der Waals surface area contributed by atoms with Crippen molar-refractivity contribution in [2.24, 2.45) is 0 Å². The predicted octanol–water partition coefficient (Wildman–Crippen LogP) is 5.50. The molecule has 0 fully saturated rings. The highest BCUT2D eigenvalue weighted by Crippen LogP contribution is 2.31. The Morgan fingerprint density at radius 1 is 1.25 bits per heavy atom. The molecule has 1 N–H and O–H groups in total. The van der Waals surface area contributed by atoms with Gasteiger partial charge in [0, 0.05) is 27.5 Å². The molecule has 3 rings (SSSR count). The second kappa shape index (κ2) is 8.92. The minimum Gasteiger partial charge on any atom is -0.325 e. The van der Waals surface area contributed by atoms with E-state index in [1.54, 1.807) is 11.3 Å². The maximum Gasteiger partial charge on any atom is 0.234 e. The molecule has 0 aliphatic carbocycles. The molecule has 0 aliphatic rings. The van der Waals surface area contributed by atoms with Gasteiger partial charge in [-0.15, -0.1) is 21.5 Å². The molecule has 2 aromatic heterocycles. The first-order valence-corrected chi connectivity index (χ1v) is 11.3. The molecule has 0 bridgehead atoms. The molecule has 148 valence electrons. The fourth-order valence-electron chi connectivity index (χ4n) is 3.04. The van der Waals surface area contributed by atoms with E-state index in [0.29, 0.717) is 5.75 Å². The summed E-state index contributed by atoms with van der Waals surface area (Å²) in [5.74, 6) is 1.12. The molecule has 0 saturated heterocycles. The standard InChI is InChI=1S/C21H26N4OS2/c1-6-17-10-16(11-27-17)20-23-24-21(25(20)13(2)3)28-12-18(26)22-19-14(4)8-7-9-15(19)5/h7-11,13H,6,12H2,1-5H3,(H,22,26). The zero-order valence-corrected chi connectivity index (χ0v) is 18.6. The molecule has 1 aromatic carbocycles. The van der Waals surface area contributed by atoms with Crippen molar-refractivity contribution in [1.29, 1.82) is 0 Å². The summed E-state index contributed by atoms with van der Waals surface area (Å²) in [6.45, 7) is 10.4. The maximum absolute atomic E-state index is 12.5. The summed E-state index contributed by atoms with van der Waals surface area (Å²) in [5, 5.41) is 14.7. The van der Waals surface area contributed by atoms with Crippen molar-refractivity contribution >= 4 is 34.7 Å². The van der Waals surface area contributed by atoms with Crippen LogP contribution in [0, 0.1) is 13.8 Å². The summed E-state index contributed by atoms with van der Waals surface area (Å²) in [4.78, 5) is 13.8. The van der Waals surface area contributed by atoms with Crippen LogP contribution in [-0.2, 0) is 11.2 Å². The van der Waals surface area contributed by atoms with E-state index >= 15 is 0 Å². The van der Waals surface area contributed by atoms with Crippen LogP contribution in [0.25, 0.3) is 11.4 Å². The van der Waals surface area contributed by atoms with Gasteiger partial charge < -0.3 is 5.32 Å². The first-order valence-electron chi connectivity index (χ1n) is 9.42. The van der Waals surface area contributed by atoms with Gasteiger partial charge in [0.1, 0.15) is 0 Å². The third kappa shape index (κ3) is 4.47. The van der Waals surface area contributed by atoms with Crippen molar-refractivity contribution in [1.82, 2.24) is 14.8 Å². The monoisotopic (exact) mass is 414 g/mol. The van der Waals surface area contributed by atoms with Crippen LogP contribution >= 0.6 is 23.1 Å². The Hall–Kier alpha value is -2.12. The molecule has 0 spiro atoms. The lowest BCUT2D eigenvalue weighted by Crippen LogP contribution is -2.16. The third-order valence-electron chi connectivity index (χ3n) is 4.52. The van der Waals surface area contributed by atoms with Crippen LogP contribution in [-0.4, -0.2) is 26.4 Å². The van der Waals surface area contributed by atoms with Crippen molar-refractivity contribution in [3.63, 3.8) is 0 Å². The second-order valence-electron chi connectivity index (χ2n) is 7.03. The summed E-state index contributed by atoms with van der Waals surface area (Å²) in [7, 11) is 0. The van der Waals surface area contributed by atoms with Gasteiger partial charge in [0.25, 0.3) is 0 Å². The number of para-hydroxylation sites is 1. The van der Waals surface area contributed by atoms with Gasteiger partial charge in [-0.1, -0.05) is 36.9 Å². The Kier molecular flexibility index (Phi) is 6.57. The Balaban J connectivity index is 1.74. The highest BCUT2D eigenvalue weighted by molar-refractivity contribution is 7.99. The van der Waals surface area contributed by atoms with Gasteiger partial charge in [0.2, 0.25) is 5.91 Å². The van der Waals surface area contributed by atoms with E-state index in [2.05, 4.69) is 52.3 Å². The second-order valence-corrected chi connectivity index (χ2v) is 8.97. The first-order chi connectivity index (χ1) is 13.4. The first kappa shape index (κ1) is 20.6. The van der Waals surface area contributed by atoms with Crippen LogP contribution in [0.1, 0.15) is 42.8 Å². The predicted molar refractivity (Wildman–Crippen MR) is 118 cm³/mol. The van der Waals surface area contributed by atoms with Crippen LogP contribution in [0.2, 0.25) is 0 Å². The van der Waals surface area contributed by atoms with Crippen molar-refractivity contribution in [3.05, 3.63) is 45.6 Å². The lowest BCUT2D eigenvalue weighted by Gasteiger charge is -2.14. The van der Waals surface area contributed by atoms with Crippen LogP contribution in [0.4, 0.5) is 5.69 Å². The minimum atomic E-state index is -0.0361. The summed E-state index contributed by atoms with van der Waals surface area (Å²) in [6, 6.07) is 8.39. The summed E-state index contributed by atoms with van der Waals surface area (Å²) < 4.78 is 2.11. The molecule has 0 radical (unpaired) electrons. The van der Waals surface area contributed by atoms with E-state index in [4.69, 9.17) is 0 Å². The number of anilines is 1. The molecule has 3 aromatic rings. The molecule has 28 heavy (non-hydrogen) atoms. The van der Waals surface area contributed by atoms with Crippen LogP contribution in [0.15, 0.2) is 34.8 Å². The molecule has 0 unspecified atom stereocenters. The maximum atomic E-state index is 12.5. The number of carbonyl (C=O) groups excluding carboxylic acids is 1. The fourth-order valence-corrected chi connectivity index (χ4v) is 4.72. The quantitative estimate of drug-likeness (QED) is 0.519. The number of amides is 1. The number of aromatic nitrogens is 3. The molecular formula is C21H26N4OS2. The number of rotatable bonds is 7. The van der Waals surface area contributed by atoms with Gasteiger partial charge in [0.15, 0.2) is 11.0 Å². The molecule has 2 heterocycles. The molecule has 1 amide bonds.